The van der Waals surface area contributed by atoms with Gasteiger partial charge in [-0.1, -0.05) is 31.2 Å². The minimum Gasteiger partial charge on any atom is -0.508 e. The lowest BCUT2D eigenvalue weighted by Crippen LogP contribution is -2.44. The molecule has 1 aliphatic carbocycles. The summed E-state index contributed by atoms with van der Waals surface area (Å²) in [5.74, 6) is 1.46. The highest BCUT2D eigenvalue weighted by atomic mass is 35.5. The highest BCUT2D eigenvalue weighted by Crippen LogP contribution is 2.40. The summed E-state index contributed by atoms with van der Waals surface area (Å²) in [6.07, 6.45) is 4.08. The Kier molecular flexibility index (Phi) is 11.4. The van der Waals surface area contributed by atoms with Crippen molar-refractivity contribution in [2.24, 2.45) is 0 Å². The van der Waals surface area contributed by atoms with Crippen molar-refractivity contribution >= 4 is 41.4 Å². The van der Waals surface area contributed by atoms with Crippen molar-refractivity contribution in [1.82, 2.24) is 60.3 Å². The van der Waals surface area contributed by atoms with Gasteiger partial charge in [-0.2, -0.15) is 14.8 Å². The average molecular weight is 801 g/mol. The fourth-order valence-corrected chi connectivity index (χ4v) is 7.55. The lowest BCUT2D eigenvalue weighted by molar-refractivity contribution is 0.00473. The summed E-state index contributed by atoms with van der Waals surface area (Å²) in [6.45, 7) is 5.14. The average Bonchev–Trinajstić information content (AvgIpc) is 4.05. The first-order valence-corrected chi connectivity index (χ1v) is 18.7. The first-order chi connectivity index (χ1) is 27.1. The Morgan fingerprint density at radius 1 is 0.982 bits per heavy atom. The third-order valence-electron chi connectivity index (χ3n) is 10.7. The van der Waals surface area contributed by atoms with Gasteiger partial charge in [-0.25, -0.2) is 14.8 Å². The molecule has 2 unspecified atom stereocenters. The number of aryl methyl sites for hydroxylation is 1. The van der Waals surface area contributed by atoms with E-state index in [-0.39, 0.29) is 47.9 Å². The number of aliphatic hydroxyl groups excluding tert-OH is 2. The number of carbonyl (C=O) groups is 1. The number of aliphatic hydroxyl groups is 2. The molecule has 1 saturated heterocycles. The number of imidazole rings is 2. The molecule has 2 fully saturated rings. The summed E-state index contributed by atoms with van der Waals surface area (Å²) in [7, 11) is 0. The highest BCUT2D eigenvalue weighted by Gasteiger charge is 2.45. The van der Waals surface area contributed by atoms with E-state index in [2.05, 4.69) is 41.3 Å². The van der Waals surface area contributed by atoms with Gasteiger partial charge in [0.25, 0.3) is 0 Å². The number of aromatic hydroxyl groups is 2. The number of tetrazole rings is 1. The second kappa shape index (κ2) is 16.6. The molecule has 8 rings (SSSR count). The molecule has 6 aromatic rings. The van der Waals surface area contributed by atoms with E-state index < -0.39 is 24.3 Å². The predicted molar refractivity (Wildman–Crippen MR) is 210 cm³/mol. The van der Waals surface area contributed by atoms with Crippen LogP contribution in [0.2, 0.25) is 0 Å². The number of amides is 2. The van der Waals surface area contributed by atoms with E-state index >= 15 is 0 Å². The molecular weight excluding hydrogens is 756 g/mol. The number of fused-ring (bicyclic) bond motifs is 1. The van der Waals surface area contributed by atoms with Crippen LogP contribution in [0.5, 0.6) is 11.5 Å². The van der Waals surface area contributed by atoms with Crippen molar-refractivity contribution in [2.45, 2.75) is 75.4 Å². The van der Waals surface area contributed by atoms with Gasteiger partial charge in [0, 0.05) is 44.2 Å². The number of urea groups is 1. The summed E-state index contributed by atoms with van der Waals surface area (Å²) in [6, 6.07) is 11.9. The predicted octanol–water partition coefficient (Wildman–Crippen LogP) is 2.72. The number of anilines is 2. The summed E-state index contributed by atoms with van der Waals surface area (Å²) in [5.41, 5.74) is 3.48. The van der Waals surface area contributed by atoms with Crippen molar-refractivity contribution in [3.63, 3.8) is 0 Å². The van der Waals surface area contributed by atoms with Crippen LogP contribution in [-0.4, -0.2) is 114 Å². The Bertz CT molecular complexity index is 2220. The number of halogens is 1. The monoisotopic (exact) mass is 800 g/mol. The quantitative estimate of drug-likeness (QED) is 0.0887. The summed E-state index contributed by atoms with van der Waals surface area (Å²) < 4.78 is 1.77. The van der Waals surface area contributed by atoms with Gasteiger partial charge in [0.1, 0.15) is 29.7 Å². The molecule has 2 aromatic carbocycles. The van der Waals surface area contributed by atoms with Gasteiger partial charge in [0.15, 0.2) is 22.8 Å². The number of phenolic OH excluding ortho intramolecular Hbond substituents is 2. The molecule has 5 heterocycles. The molecule has 2 aliphatic rings. The van der Waals surface area contributed by atoms with Crippen LogP contribution in [0, 0.1) is 0 Å². The Morgan fingerprint density at radius 2 is 1.68 bits per heavy atom. The van der Waals surface area contributed by atoms with Crippen molar-refractivity contribution in [3.8, 4) is 11.5 Å². The van der Waals surface area contributed by atoms with Crippen molar-refractivity contribution in [2.75, 3.05) is 29.9 Å². The van der Waals surface area contributed by atoms with Crippen LogP contribution in [-0.2, 0) is 6.42 Å². The van der Waals surface area contributed by atoms with Crippen LogP contribution in [0.15, 0.2) is 67.4 Å². The van der Waals surface area contributed by atoms with E-state index in [4.69, 9.17) is 15.0 Å². The van der Waals surface area contributed by atoms with Crippen LogP contribution in [0.3, 0.4) is 0 Å². The molecule has 0 radical (unpaired) electrons. The number of aromatic amines is 1. The van der Waals surface area contributed by atoms with Crippen molar-refractivity contribution in [3.05, 3.63) is 90.0 Å². The number of aromatic nitrogens is 10. The van der Waals surface area contributed by atoms with E-state index in [1.165, 1.54) is 4.80 Å². The Hall–Kier alpha value is -6.05. The van der Waals surface area contributed by atoms with Crippen LogP contribution in [0.25, 0.3) is 11.2 Å². The number of hydrogen-bond acceptors (Lipinski definition) is 14. The maximum absolute atomic E-state index is 12.9. The van der Waals surface area contributed by atoms with E-state index in [0.29, 0.717) is 67.7 Å². The van der Waals surface area contributed by atoms with Gasteiger partial charge in [0.05, 0.1) is 30.4 Å². The van der Waals surface area contributed by atoms with Gasteiger partial charge in [-0.15, -0.1) is 22.6 Å². The van der Waals surface area contributed by atoms with E-state index in [1.54, 1.807) is 47.7 Å². The number of nitrogens with zero attached hydrogens (tertiary/aromatic N) is 10. The molecule has 6 atom stereocenters. The van der Waals surface area contributed by atoms with Crippen LogP contribution < -0.4 is 20.9 Å². The Balaban J connectivity index is 0.00000496. The smallest absolute Gasteiger partial charge is 0.315 e. The topological polar surface area (TPSA) is 253 Å². The minimum atomic E-state index is -1.18. The van der Waals surface area contributed by atoms with Gasteiger partial charge in [-0.3, -0.25) is 0 Å². The summed E-state index contributed by atoms with van der Waals surface area (Å²) >= 11 is 0. The van der Waals surface area contributed by atoms with E-state index in [0.717, 1.165) is 16.8 Å². The number of rotatable bonds is 12. The van der Waals surface area contributed by atoms with Crippen LogP contribution in [0.4, 0.5) is 16.6 Å². The number of phenols is 2. The SMILES string of the molecule is CCc1nnn([C@H]2C[C@@H](n3cnc4c(NCC(c5ccc(O)cc5)c5ccc(O)cc5)nc(N5CCC(NC(=O)NC(C)c6c[nH]cn6)C5)nc43)[C@H](O)[C@@H]2O)n1.Cl. The molecule has 57 heavy (non-hydrogen) atoms. The zero-order valence-corrected chi connectivity index (χ0v) is 32.0. The number of benzene rings is 2. The lowest BCUT2D eigenvalue weighted by Gasteiger charge is -2.22. The largest absolute Gasteiger partial charge is 0.508 e. The minimum absolute atomic E-state index is 0. The molecule has 0 spiro atoms. The third kappa shape index (κ3) is 8.12. The van der Waals surface area contributed by atoms with Gasteiger partial charge >= 0.3 is 6.03 Å². The second-order valence-corrected chi connectivity index (χ2v) is 14.3. The summed E-state index contributed by atoms with van der Waals surface area (Å²) in [4.78, 5) is 38.1. The van der Waals surface area contributed by atoms with Crippen LogP contribution in [0.1, 0.15) is 73.4 Å². The van der Waals surface area contributed by atoms with Gasteiger partial charge in [0.2, 0.25) is 5.95 Å². The molecule has 0 bridgehead atoms. The standard InChI is InChI=1S/C37H44N14O5.ClH/c1-3-30-46-48-51(47-30)29-14-28(32(54)33(29)55)50-19-41-31-34(39-15-26(21-4-8-24(52)9-5-21)22-6-10-25(53)11-7-22)44-36(45-35(31)50)49-13-12-23(17-49)43-37(56)42-20(2)27-16-38-18-40-27;/h4-11,16,18-20,23,26,28-29,32-33,52-55H,3,12-15,17H2,1-2H3,(H,38,40)(H,39,44,45)(H2,42,43,56);1H/t20?,23?,28-,29+,32+,33-;/m1./s1. The first kappa shape index (κ1) is 39.2. The number of carbonyl (C=O) groups excluding carboxylic acids is 1. The zero-order chi connectivity index (χ0) is 38.9. The molecule has 19 nitrogen and oxygen atoms in total. The molecule has 1 saturated carbocycles. The third-order valence-corrected chi connectivity index (χ3v) is 10.7. The maximum atomic E-state index is 12.9. The molecular formula is C37H45ClN14O5. The summed E-state index contributed by atoms with van der Waals surface area (Å²) in [5, 5.41) is 64.7. The Morgan fingerprint density at radius 3 is 2.33 bits per heavy atom. The zero-order valence-electron chi connectivity index (χ0n) is 31.2. The number of nitrogens with one attached hydrogen (secondary N) is 4. The molecule has 20 heteroatoms. The fourth-order valence-electron chi connectivity index (χ4n) is 7.55. The second-order valence-electron chi connectivity index (χ2n) is 14.3. The van der Waals surface area contributed by atoms with E-state index in [9.17, 15) is 25.2 Å². The van der Waals surface area contributed by atoms with E-state index in [1.807, 2.05) is 43.0 Å². The number of hydrogen-bond donors (Lipinski definition) is 8. The molecule has 1 aliphatic heterocycles. The van der Waals surface area contributed by atoms with Crippen molar-refractivity contribution in [1.29, 1.82) is 0 Å². The molecule has 4 aromatic heterocycles. The molecule has 8 N–H and O–H groups in total. The number of H-pyrrole nitrogens is 1. The normalized spacial score (nSPS) is 21.1. The Labute approximate surface area is 333 Å². The fraction of sp³-hybridized carbons (Fsp3) is 0.405. The van der Waals surface area contributed by atoms with Gasteiger partial charge in [-0.05, 0) is 60.4 Å². The highest BCUT2D eigenvalue weighted by molar-refractivity contribution is 5.85. The van der Waals surface area contributed by atoms with Crippen LogP contribution >= 0.6 is 12.4 Å². The lowest BCUT2D eigenvalue weighted by atomic mass is 9.91. The van der Waals surface area contributed by atoms with Crippen molar-refractivity contribution < 1.29 is 25.2 Å². The molecule has 2 amide bonds. The molecule has 300 valence electrons. The van der Waals surface area contributed by atoms with Gasteiger partial charge < -0.3 is 50.8 Å². The first-order valence-electron chi connectivity index (χ1n) is 18.7. The maximum Gasteiger partial charge on any atom is 0.315 e.